The molecule has 0 saturated carbocycles. The first-order valence-corrected chi connectivity index (χ1v) is 17.3. The fraction of sp³-hybridized carbons (Fsp3) is 0.0612. The van der Waals surface area contributed by atoms with Gasteiger partial charge in [-0.15, -0.1) is 0 Å². The maximum Gasteiger partial charge on any atom is 0.0159 e. The average Bonchev–Trinajstić information content (AvgIpc) is 3.40. The van der Waals surface area contributed by atoms with Crippen molar-refractivity contribution in [2.45, 2.75) is 19.3 Å². The van der Waals surface area contributed by atoms with Gasteiger partial charge in [0, 0.05) is 5.41 Å². The Bertz CT molecular complexity index is 2730. The molecule has 0 fully saturated rings. The Labute approximate surface area is 286 Å². The van der Waals surface area contributed by atoms with Crippen molar-refractivity contribution in [3.63, 3.8) is 0 Å². The molecule has 9 aromatic rings. The van der Waals surface area contributed by atoms with Crippen LogP contribution in [0.2, 0.25) is 0 Å². The molecule has 0 atom stereocenters. The molecule has 0 heterocycles. The molecular weight excluding hydrogens is 589 g/mol. The van der Waals surface area contributed by atoms with E-state index in [-0.39, 0.29) is 5.41 Å². The van der Waals surface area contributed by atoms with Crippen LogP contribution >= 0.6 is 0 Å². The summed E-state index contributed by atoms with van der Waals surface area (Å²) in [6.07, 6.45) is 0. The lowest BCUT2D eigenvalue weighted by Crippen LogP contribution is -2.14. The molecule has 230 valence electrons. The Kier molecular flexibility index (Phi) is 6.02. The second kappa shape index (κ2) is 10.5. The fourth-order valence-electron chi connectivity index (χ4n) is 8.86. The molecule has 1 aliphatic rings. The lowest BCUT2D eigenvalue weighted by atomic mass is 9.80. The highest BCUT2D eigenvalue weighted by atomic mass is 14.4. The second-order valence-corrected chi connectivity index (χ2v) is 14.0. The highest BCUT2D eigenvalue weighted by Gasteiger charge is 2.38. The van der Waals surface area contributed by atoms with E-state index in [1.807, 2.05) is 0 Å². The summed E-state index contributed by atoms with van der Waals surface area (Å²) in [7, 11) is 0. The maximum absolute atomic E-state index is 2.39. The SMILES string of the molecule is CC1(C)c2cccc(-c3c4ccccc4c(-c4ccccc4-c4cccc5ccccc45)c4ccccc34)c2-c2c1ccc1ccccc21. The molecule has 49 heavy (non-hydrogen) atoms. The average molecular weight is 623 g/mol. The molecule has 10 rings (SSSR count). The molecule has 0 N–H and O–H groups in total. The van der Waals surface area contributed by atoms with Crippen LogP contribution in [0.3, 0.4) is 0 Å². The number of benzene rings is 9. The van der Waals surface area contributed by atoms with Gasteiger partial charge in [0.2, 0.25) is 0 Å². The van der Waals surface area contributed by atoms with E-state index in [0.717, 1.165) is 0 Å². The van der Waals surface area contributed by atoms with Gasteiger partial charge in [0.15, 0.2) is 0 Å². The van der Waals surface area contributed by atoms with Crippen LogP contribution in [-0.2, 0) is 5.41 Å². The Morgan fingerprint density at radius 1 is 0.265 bits per heavy atom. The zero-order chi connectivity index (χ0) is 32.7. The third-order valence-corrected chi connectivity index (χ3v) is 11.1. The molecule has 0 bridgehead atoms. The topological polar surface area (TPSA) is 0 Å². The molecule has 9 aromatic carbocycles. The third-order valence-electron chi connectivity index (χ3n) is 11.1. The van der Waals surface area contributed by atoms with Crippen LogP contribution in [0.25, 0.3) is 87.6 Å². The Hall–Kier alpha value is -5.98. The number of hydrogen-bond acceptors (Lipinski definition) is 0. The molecule has 0 unspecified atom stereocenters. The maximum atomic E-state index is 2.39. The number of hydrogen-bond donors (Lipinski definition) is 0. The lowest BCUT2D eigenvalue weighted by molar-refractivity contribution is 0.661. The fourth-order valence-corrected chi connectivity index (χ4v) is 8.86. The minimum atomic E-state index is -0.104. The van der Waals surface area contributed by atoms with E-state index in [1.165, 1.54) is 98.7 Å². The van der Waals surface area contributed by atoms with Gasteiger partial charge in [0.25, 0.3) is 0 Å². The van der Waals surface area contributed by atoms with Crippen molar-refractivity contribution in [1.82, 2.24) is 0 Å². The van der Waals surface area contributed by atoms with E-state index in [4.69, 9.17) is 0 Å². The van der Waals surface area contributed by atoms with Crippen LogP contribution < -0.4 is 0 Å². The Balaban J connectivity index is 1.33. The van der Waals surface area contributed by atoms with E-state index in [2.05, 4.69) is 184 Å². The Morgan fingerprint density at radius 3 is 1.37 bits per heavy atom. The van der Waals surface area contributed by atoms with Gasteiger partial charge in [-0.2, -0.15) is 0 Å². The van der Waals surface area contributed by atoms with Crippen LogP contribution in [-0.4, -0.2) is 0 Å². The monoisotopic (exact) mass is 622 g/mol. The van der Waals surface area contributed by atoms with Crippen molar-refractivity contribution in [1.29, 1.82) is 0 Å². The van der Waals surface area contributed by atoms with Crippen LogP contribution in [0.5, 0.6) is 0 Å². The summed E-state index contributed by atoms with van der Waals surface area (Å²) < 4.78 is 0. The summed E-state index contributed by atoms with van der Waals surface area (Å²) >= 11 is 0. The van der Waals surface area contributed by atoms with Crippen LogP contribution in [0.1, 0.15) is 25.0 Å². The summed E-state index contributed by atoms with van der Waals surface area (Å²) in [5.74, 6) is 0. The molecule has 0 heteroatoms. The van der Waals surface area contributed by atoms with Gasteiger partial charge < -0.3 is 0 Å². The molecule has 0 aromatic heterocycles. The normalized spacial score (nSPS) is 13.3. The van der Waals surface area contributed by atoms with Gasteiger partial charge in [-0.1, -0.05) is 184 Å². The van der Waals surface area contributed by atoms with Gasteiger partial charge >= 0.3 is 0 Å². The number of rotatable bonds is 3. The molecule has 1 aliphatic carbocycles. The zero-order valence-corrected chi connectivity index (χ0v) is 27.7. The van der Waals surface area contributed by atoms with E-state index >= 15 is 0 Å². The largest absolute Gasteiger partial charge is 0.0616 e. The van der Waals surface area contributed by atoms with Crippen LogP contribution in [0.4, 0.5) is 0 Å². The Morgan fingerprint density at radius 2 is 0.694 bits per heavy atom. The van der Waals surface area contributed by atoms with Gasteiger partial charge in [0.1, 0.15) is 0 Å². The van der Waals surface area contributed by atoms with Crippen LogP contribution in [0.15, 0.2) is 170 Å². The van der Waals surface area contributed by atoms with Crippen molar-refractivity contribution >= 4 is 43.1 Å². The van der Waals surface area contributed by atoms with Gasteiger partial charge in [0.05, 0.1) is 0 Å². The standard InChI is InChI=1S/C49H34/c1-49(2)43-28-14-27-42(48(43)47-34-19-6-4-16-32(34)29-30-44(47)49)46-40-24-11-9-22-38(40)45(39-23-10-12-25-41(39)46)37-21-8-7-20-36(37)35-26-13-17-31-15-3-5-18-33(31)35/h3-30H,1-2H3. The molecule has 0 amide bonds. The quantitative estimate of drug-likeness (QED) is 0.172. The van der Waals surface area contributed by atoms with Crippen molar-refractivity contribution in [2.24, 2.45) is 0 Å². The van der Waals surface area contributed by atoms with Crippen molar-refractivity contribution in [3.8, 4) is 44.5 Å². The summed E-state index contributed by atoms with van der Waals surface area (Å²) in [4.78, 5) is 0. The van der Waals surface area contributed by atoms with Gasteiger partial charge in [-0.3, -0.25) is 0 Å². The van der Waals surface area contributed by atoms with Crippen LogP contribution in [0, 0.1) is 0 Å². The summed E-state index contributed by atoms with van der Waals surface area (Å²) in [5.41, 5.74) is 13.1. The van der Waals surface area contributed by atoms with Gasteiger partial charge in [-0.05, 0) is 98.7 Å². The smallest absolute Gasteiger partial charge is 0.0159 e. The minimum absolute atomic E-state index is 0.104. The molecule has 0 aliphatic heterocycles. The highest BCUT2D eigenvalue weighted by Crippen LogP contribution is 2.56. The second-order valence-electron chi connectivity index (χ2n) is 14.0. The first kappa shape index (κ1) is 28.1. The van der Waals surface area contributed by atoms with Gasteiger partial charge in [-0.25, -0.2) is 0 Å². The molecular formula is C49H34. The first-order chi connectivity index (χ1) is 24.1. The molecule has 0 saturated heterocycles. The van der Waals surface area contributed by atoms with E-state index in [9.17, 15) is 0 Å². The van der Waals surface area contributed by atoms with Crippen molar-refractivity contribution < 1.29 is 0 Å². The lowest BCUT2D eigenvalue weighted by Gasteiger charge is -2.23. The summed E-state index contributed by atoms with van der Waals surface area (Å²) in [6.45, 7) is 4.78. The predicted molar refractivity (Wildman–Crippen MR) is 210 cm³/mol. The van der Waals surface area contributed by atoms with E-state index < -0.39 is 0 Å². The number of fused-ring (bicyclic) bond motifs is 8. The molecule has 0 nitrogen and oxygen atoms in total. The summed E-state index contributed by atoms with van der Waals surface area (Å²) in [6, 6.07) is 63.1. The van der Waals surface area contributed by atoms with Crippen molar-refractivity contribution in [3.05, 3.63) is 181 Å². The summed E-state index contributed by atoms with van der Waals surface area (Å²) in [5, 5.41) is 10.3. The first-order valence-electron chi connectivity index (χ1n) is 17.3. The third kappa shape index (κ3) is 3.98. The van der Waals surface area contributed by atoms with E-state index in [0.29, 0.717) is 0 Å². The minimum Gasteiger partial charge on any atom is -0.0616 e. The highest BCUT2D eigenvalue weighted by molar-refractivity contribution is 6.24. The van der Waals surface area contributed by atoms with Crippen molar-refractivity contribution in [2.75, 3.05) is 0 Å². The zero-order valence-electron chi connectivity index (χ0n) is 27.7. The van der Waals surface area contributed by atoms with E-state index in [1.54, 1.807) is 0 Å². The molecule has 0 spiro atoms. The molecule has 0 radical (unpaired) electrons. The predicted octanol–water partition coefficient (Wildman–Crippen LogP) is 13.6.